The molecule has 2 aliphatic rings. The van der Waals surface area contributed by atoms with Crippen molar-refractivity contribution in [2.45, 2.75) is 45.1 Å². The number of hydrogen-bond acceptors (Lipinski definition) is 3. The van der Waals surface area contributed by atoms with Crippen molar-refractivity contribution in [3.63, 3.8) is 0 Å². The van der Waals surface area contributed by atoms with Gasteiger partial charge in [-0.25, -0.2) is 8.42 Å². The molecule has 0 bridgehead atoms. The zero-order chi connectivity index (χ0) is 20.7. The number of nitrogens with one attached hydrogen (secondary N) is 1. The third-order valence-corrected chi connectivity index (χ3v) is 7.66. The van der Waals surface area contributed by atoms with Crippen molar-refractivity contribution in [1.29, 1.82) is 0 Å². The number of piperazine rings is 1. The molecule has 0 atom stereocenters. The molecule has 0 spiro atoms. The Bertz CT molecular complexity index is 781. The van der Waals surface area contributed by atoms with Gasteiger partial charge < -0.3 is 9.80 Å². The van der Waals surface area contributed by atoms with E-state index in [2.05, 4.69) is 11.8 Å². The summed E-state index contributed by atoms with van der Waals surface area (Å²) in [6, 6.07) is 9.84. The highest BCUT2D eigenvalue weighted by Crippen LogP contribution is 2.22. The summed E-state index contributed by atoms with van der Waals surface area (Å²) >= 11 is 0. The van der Waals surface area contributed by atoms with Crippen LogP contribution in [0.15, 0.2) is 35.7 Å². The van der Waals surface area contributed by atoms with Crippen LogP contribution in [0.3, 0.4) is 0 Å². The fraction of sp³-hybridized carbons (Fsp3) is 0.591. The Balaban J connectivity index is 1.50. The molecule has 1 heterocycles. The summed E-state index contributed by atoms with van der Waals surface area (Å²) in [6.45, 7) is 5.56. The molecule has 29 heavy (non-hydrogen) atoms. The Morgan fingerprint density at radius 1 is 1.14 bits per heavy atom. The Morgan fingerprint density at radius 2 is 1.79 bits per heavy atom. The predicted octanol–water partition coefficient (Wildman–Crippen LogP) is 1.37. The molecule has 1 amide bonds. The quantitative estimate of drug-likeness (QED) is 0.725. The fourth-order valence-electron chi connectivity index (χ4n) is 4.39. The van der Waals surface area contributed by atoms with E-state index in [1.807, 2.05) is 30.3 Å². The minimum atomic E-state index is -3.43. The lowest BCUT2D eigenvalue weighted by atomic mass is 9.94. The van der Waals surface area contributed by atoms with Crippen LogP contribution in [0.5, 0.6) is 0 Å². The van der Waals surface area contributed by atoms with Gasteiger partial charge in [-0.1, -0.05) is 49.6 Å². The molecule has 0 unspecified atom stereocenters. The van der Waals surface area contributed by atoms with E-state index in [-0.39, 0.29) is 5.91 Å². The van der Waals surface area contributed by atoms with Crippen LogP contribution in [0.4, 0.5) is 0 Å². The second-order valence-corrected chi connectivity index (χ2v) is 9.87. The van der Waals surface area contributed by atoms with Crippen LogP contribution in [0.25, 0.3) is 6.08 Å². The minimum Gasteiger partial charge on any atom is -0.335 e. The first kappa shape index (κ1) is 22.0. The van der Waals surface area contributed by atoms with Gasteiger partial charge in [-0.2, -0.15) is 4.31 Å². The molecule has 1 aromatic rings. The summed E-state index contributed by atoms with van der Waals surface area (Å²) in [6.07, 6.45) is 7.59. The lowest BCUT2D eigenvalue weighted by Gasteiger charge is -2.35. The van der Waals surface area contributed by atoms with Crippen LogP contribution in [0.2, 0.25) is 0 Å². The van der Waals surface area contributed by atoms with Crippen molar-refractivity contribution < 1.29 is 18.1 Å². The molecule has 1 saturated heterocycles. The molecule has 1 aliphatic carbocycles. The standard InChI is InChI=1S/C22H33N3O3S/c1-2-25(21-11-7-4-8-12-21)22(26)19-23-14-16-24(17-15-23)29(27,28)18-13-20-9-5-3-6-10-20/h3,5-6,9-10,13,18,21H,2,4,7-8,11-12,14-17,19H2,1H3/p+1/b18-13+. The van der Waals surface area contributed by atoms with Gasteiger partial charge in [0.2, 0.25) is 10.0 Å². The van der Waals surface area contributed by atoms with E-state index in [0.717, 1.165) is 24.9 Å². The van der Waals surface area contributed by atoms with Crippen LogP contribution in [0, 0.1) is 0 Å². The van der Waals surface area contributed by atoms with Gasteiger partial charge in [0.15, 0.2) is 6.54 Å². The number of amides is 1. The van der Waals surface area contributed by atoms with E-state index in [9.17, 15) is 13.2 Å². The van der Waals surface area contributed by atoms with Gasteiger partial charge >= 0.3 is 0 Å². The first-order valence-corrected chi connectivity index (χ1v) is 12.4. The van der Waals surface area contributed by atoms with Crippen LogP contribution in [-0.4, -0.2) is 68.8 Å². The number of quaternary nitrogens is 1. The maximum atomic E-state index is 12.8. The molecule has 1 aromatic carbocycles. The zero-order valence-electron chi connectivity index (χ0n) is 17.4. The topological polar surface area (TPSA) is 62.1 Å². The predicted molar refractivity (Wildman–Crippen MR) is 116 cm³/mol. The lowest BCUT2D eigenvalue weighted by molar-refractivity contribution is -0.896. The minimum absolute atomic E-state index is 0.217. The van der Waals surface area contributed by atoms with Gasteiger partial charge in [0, 0.05) is 18.0 Å². The normalized spacial score (nSPS) is 20.2. The second-order valence-electron chi connectivity index (χ2n) is 8.06. The van der Waals surface area contributed by atoms with E-state index in [0.29, 0.717) is 38.8 Å². The average Bonchev–Trinajstić information content (AvgIpc) is 2.75. The number of benzene rings is 1. The van der Waals surface area contributed by atoms with Crippen molar-refractivity contribution in [1.82, 2.24) is 9.21 Å². The molecule has 0 aromatic heterocycles. The lowest BCUT2D eigenvalue weighted by Crippen LogP contribution is -3.15. The maximum Gasteiger partial charge on any atom is 0.277 e. The molecule has 1 saturated carbocycles. The number of sulfonamides is 1. The molecule has 3 rings (SSSR count). The molecule has 7 heteroatoms. The largest absolute Gasteiger partial charge is 0.335 e. The van der Waals surface area contributed by atoms with E-state index in [1.54, 1.807) is 6.08 Å². The van der Waals surface area contributed by atoms with Crippen molar-refractivity contribution in [2.75, 3.05) is 39.3 Å². The number of nitrogens with zero attached hydrogens (tertiary/aromatic N) is 2. The summed E-state index contributed by atoms with van der Waals surface area (Å²) < 4.78 is 26.7. The average molecular weight is 421 g/mol. The summed E-state index contributed by atoms with van der Waals surface area (Å²) in [5.41, 5.74) is 0.869. The first-order chi connectivity index (χ1) is 14.0. The third-order valence-electron chi connectivity index (χ3n) is 6.10. The number of carbonyl (C=O) groups is 1. The molecule has 2 fully saturated rings. The molecule has 160 valence electrons. The Labute approximate surface area is 175 Å². The molecular weight excluding hydrogens is 386 g/mol. The monoisotopic (exact) mass is 420 g/mol. The molecule has 1 aliphatic heterocycles. The smallest absolute Gasteiger partial charge is 0.277 e. The van der Waals surface area contributed by atoms with Crippen molar-refractivity contribution >= 4 is 22.0 Å². The van der Waals surface area contributed by atoms with Crippen LogP contribution in [0.1, 0.15) is 44.6 Å². The fourth-order valence-corrected chi connectivity index (χ4v) is 5.59. The highest BCUT2D eigenvalue weighted by molar-refractivity contribution is 7.92. The van der Waals surface area contributed by atoms with E-state index < -0.39 is 10.0 Å². The molecule has 1 N–H and O–H groups in total. The Kier molecular flexibility index (Phi) is 7.86. The van der Waals surface area contributed by atoms with Crippen LogP contribution >= 0.6 is 0 Å². The van der Waals surface area contributed by atoms with E-state index in [4.69, 9.17) is 0 Å². The van der Waals surface area contributed by atoms with Gasteiger partial charge in [0.25, 0.3) is 5.91 Å². The van der Waals surface area contributed by atoms with Gasteiger partial charge in [0.1, 0.15) is 0 Å². The summed E-state index contributed by atoms with van der Waals surface area (Å²) in [5.74, 6) is 0.217. The highest BCUT2D eigenvalue weighted by Gasteiger charge is 2.31. The Morgan fingerprint density at radius 3 is 2.41 bits per heavy atom. The van der Waals surface area contributed by atoms with Gasteiger partial charge in [0.05, 0.1) is 26.2 Å². The van der Waals surface area contributed by atoms with Crippen molar-refractivity contribution in [3.05, 3.63) is 41.3 Å². The Hall–Kier alpha value is -1.70. The maximum absolute atomic E-state index is 12.8. The number of hydrogen-bond donors (Lipinski definition) is 1. The van der Waals surface area contributed by atoms with Gasteiger partial charge in [-0.15, -0.1) is 0 Å². The van der Waals surface area contributed by atoms with Crippen molar-refractivity contribution in [3.8, 4) is 0 Å². The van der Waals surface area contributed by atoms with E-state index >= 15 is 0 Å². The third kappa shape index (κ3) is 6.14. The second kappa shape index (κ2) is 10.4. The number of likely N-dealkylation sites (N-methyl/N-ethyl adjacent to an activating group) is 1. The summed E-state index contributed by atoms with van der Waals surface area (Å²) in [5, 5.41) is 1.29. The zero-order valence-corrected chi connectivity index (χ0v) is 18.2. The van der Waals surface area contributed by atoms with E-state index in [1.165, 1.54) is 33.9 Å². The number of carbonyl (C=O) groups excluding carboxylic acids is 1. The number of rotatable bonds is 7. The molecular formula is C22H34N3O3S+. The van der Waals surface area contributed by atoms with Gasteiger partial charge in [-0.05, 0) is 31.4 Å². The van der Waals surface area contributed by atoms with Crippen LogP contribution in [-0.2, 0) is 14.8 Å². The molecule has 0 radical (unpaired) electrons. The van der Waals surface area contributed by atoms with Crippen molar-refractivity contribution in [2.24, 2.45) is 0 Å². The first-order valence-electron chi connectivity index (χ1n) is 10.9. The summed E-state index contributed by atoms with van der Waals surface area (Å²) in [7, 11) is -3.43. The highest BCUT2D eigenvalue weighted by atomic mass is 32.2. The molecule has 6 nitrogen and oxygen atoms in total. The van der Waals surface area contributed by atoms with Gasteiger partial charge in [-0.3, -0.25) is 4.79 Å². The SMILES string of the molecule is CCN(C(=O)C[NH+]1CCN(S(=O)(=O)/C=C/c2ccccc2)CC1)C1CCCCC1. The van der Waals surface area contributed by atoms with Crippen LogP contribution < -0.4 is 4.90 Å². The summed E-state index contributed by atoms with van der Waals surface area (Å²) in [4.78, 5) is 16.1.